The summed E-state index contributed by atoms with van der Waals surface area (Å²) in [6.45, 7) is 0. The molecule has 1 aromatic carbocycles. The van der Waals surface area contributed by atoms with E-state index in [1.165, 1.54) is 18.0 Å². The smallest absolute Gasteiger partial charge is 0.257 e. The first-order valence-electron chi connectivity index (χ1n) is 5.39. The molecule has 0 saturated carbocycles. The Morgan fingerprint density at radius 1 is 1.33 bits per heavy atom. The molecule has 5 nitrogen and oxygen atoms in total. The fraction of sp³-hybridized carbons (Fsp3) is 0.250. The lowest BCUT2D eigenvalue weighted by atomic mass is 9.88. The van der Waals surface area contributed by atoms with Gasteiger partial charge in [-0.25, -0.2) is 0 Å². The zero-order chi connectivity index (χ0) is 13.1. The normalized spacial score (nSPS) is 25.9. The van der Waals surface area contributed by atoms with Crippen molar-refractivity contribution in [2.75, 3.05) is 7.05 Å². The zero-order valence-corrected chi connectivity index (χ0v) is 10.2. The average molecular weight is 265 g/mol. The lowest BCUT2D eigenvalue weighted by Crippen LogP contribution is -2.46. The van der Waals surface area contributed by atoms with Gasteiger partial charge in [0.1, 0.15) is 0 Å². The van der Waals surface area contributed by atoms with E-state index < -0.39 is 11.4 Å². The number of likely N-dealkylation sites (N-methyl/N-ethyl adjacent to an activating group) is 1. The maximum absolute atomic E-state index is 12.1. The van der Waals surface area contributed by atoms with Gasteiger partial charge in [-0.3, -0.25) is 19.7 Å². The quantitative estimate of drug-likeness (QED) is 0.701. The Morgan fingerprint density at radius 2 is 2.06 bits per heavy atom. The highest BCUT2D eigenvalue weighted by atomic mass is 35.5. The number of carbonyl (C=O) groups is 3. The molecule has 6 heteroatoms. The van der Waals surface area contributed by atoms with Crippen molar-refractivity contribution >= 4 is 29.3 Å². The van der Waals surface area contributed by atoms with Gasteiger partial charge in [-0.05, 0) is 12.1 Å². The van der Waals surface area contributed by atoms with E-state index in [9.17, 15) is 14.4 Å². The van der Waals surface area contributed by atoms with Crippen LogP contribution < -0.4 is 5.32 Å². The molecule has 1 saturated heterocycles. The van der Waals surface area contributed by atoms with E-state index in [1.54, 1.807) is 12.1 Å². The summed E-state index contributed by atoms with van der Waals surface area (Å²) >= 11 is 5.86. The lowest BCUT2D eigenvalue weighted by Gasteiger charge is -2.28. The summed E-state index contributed by atoms with van der Waals surface area (Å²) in [4.78, 5) is 37.0. The number of rotatable bonds is 0. The van der Waals surface area contributed by atoms with E-state index in [4.69, 9.17) is 11.6 Å². The van der Waals surface area contributed by atoms with Gasteiger partial charge >= 0.3 is 0 Å². The van der Waals surface area contributed by atoms with Gasteiger partial charge in [0.05, 0.1) is 6.42 Å². The van der Waals surface area contributed by atoms with E-state index in [-0.39, 0.29) is 18.2 Å². The van der Waals surface area contributed by atoms with E-state index in [0.717, 1.165) is 0 Å². The van der Waals surface area contributed by atoms with Crippen molar-refractivity contribution in [3.05, 3.63) is 34.3 Å². The van der Waals surface area contributed by atoms with Crippen molar-refractivity contribution < 1.29 is 14.4 Å². The van der Waals surface area contributed by atoms with Crippen molar-refractivity contribution in [1.82, 2.24) is 10.2 Å². The molecule has 0 bridgehead atoms. The summed E-state index contributed by atoms with van der Waals surface area (Å²) < 4.78 is 0. The minimum atomic E-state index is -1.20. The van der Waals surface area contributed by atoms with E-state index in [0.29, 0.717) is 16.1 Å². The first-order chi connectivity index (χ1) is 8.46. The van der Waals surface area contributed by atoms with Gasteiger partial charge < -0.3 is 4.90 Å². The summed E-state index contributed by atoms with van der Waals surface area (Å²) in [5, 5.41) is 2.68. The first-order valence-corrected chi connectivity index (χ1v) is 5.77. The Bertz CT molecular complexity index is 613. The molecule has 2 aliphatic heterocycles. The number of halogens is 1. The average Bonchev–Trinajstić information content (AvgIpc) is 2.72. The molecule has 92 valence electrons. The van der Waals surface area contributed by atoms with Crippen molar-refractivity contribution in [2.24, 2.45) is 0 Å². The Hall–Kier alpha value is -1.88. The molecule has 1 N–H and O–H groups in total. The molecular weight excluding hydrogens is 256 g/mol. The molecule has 1 atom stereocenters. The molecule has 3 amide bonds. The van der Waals surface area contributed by atoms with Crippen LogP contribution in [0, 0.1) is 0 Å². The van der Waals surface area contributed by atoms with Crippen LogP contribution in [0.25, 0.3) is 0 Å². The van der Waals surface area contributed by atoms with Gasteiger partial charge in [0.15, 0.2) is 5.54 Å². The highest BCUT2D eigenvalue weighted by Gasteiger charge is 2.58. The van der Waals surface area contributed by atoms with E-state index >= 15 is 0 Å². The topological polar surface area (TPSA) is 66.5 Å². The number of benzene rings is 1. The number of amides is 3. The number of nitrogens with one attached hydrogen (secondary N) is 1. The lowest BCUT2D eigenvalue weighted by molar-refractivity contribution is -0.128. The van der Waals surface area contributed by atoms with E-state index in [2.05, 4.69) is 5.32 Å². The fourth-order valence-corrected chi connectivity index (χ4v) is 2.84. The SMILES string of the molecule is CN1C(=O)c2cc(Cl)ccc2C12CC(=O)NC2=O. The summed E-state index contributed by atoms with van der Waals surface area (Å²) in [5.41, 5.74) is -0.272. The largest absolute Gasteiger partial charge is 0.323 e. The van der Waals surface area contributed by atoms with Gasteiger partial charge in [0.25, 0.3) is 11.8 Å². The van der Waals surface area contributed by atoms with Crippen molar-refractivity contribution in [1.29, 1.82) is 0 Å². The summed E-state index contributed by atoms with van der Waals surface area (Å²) in [5.74, 6) is -1.12. The minimum Gasteiger partial charge on any atom is -0.323 e. The second-order valence-electron chi connectivity index (χ2n) is 4.47. The molecule has 0 radical (unpaired) electrons. The van der Waals surface area contributed by atoms with Crippen LogP contribution in [0.1, 0.15) is 22.3 Å². The predicted molar refractivity (Wildman–Crippen MR) is 63.0 cm³/mol. The number of hydrogen-bond donors (Lipinski definition) is 1. The molecule has 0 aliphatic carbocycles. The Labute approximate surface area is 108 Å². The van der Waals surface area contributed by atoms with Crippen LogP contribution in [-0.4, -0.2) is 29.7 Å². The minimum absolute atomic E-state index is 0.0390. The maximum atomic E-state index is 12.1. The predicted octanol–water partition coefficient (Wildman–Crippen LogP) is 0.667. The summed E-state index contributed by atoms with van der Waals surface area (Å²) in [6.07, 6.45) is -0.0390. The zero-order valence-electron chi connectivity index (χ0n) is 9.49. The van der Waals surface area contributed by atoms with Crippen molar-refractivity contribution in [3.8, 4) is 0 Å². The number of imide groups is 1. The summed E-state index contributed by atoms with van der Waals surface area (Å²) in [7, 11) is 1.52. The number of hydrogen-bond acceptors (Lipinski definition) is 3. The van der Waals surface area contributed by atoms with Crippen LogP contribution in [0.2, 0.25) is 5.02 Å². The van der Waals surface area contributed by atoms with Crippen LogP contribution in [-0.2, 0) is 15.1 Å². The van der Waals surface area contributed by atoms with Crippen LogP contribution in [0.5, 0.6) is 0 Å². The molecule has 1 aromatic rings. The first kappa shape index (κ1) is 11.2. The van der Waals surface area contributed by atoms with Gasteiger partial charge in [-0.15, -0.1) is 0 Å². The van der Waals surface area contributed by atoms with Crippen molar-refractivity contribution in [2.45, 2.75) is 12.0 Å². The van der Waals surface area contributed by atoms with Crippen LogP contribution in [0.15, 0.2) is 18.2 Å². The molecule has 1 spiro atoms. The second kappa shape index (κ2) is 3.32. The number of nitrogens with zero attached hydrogens (tertiary/aromatic N) is 1. The molecule has 1 unspecified atom stereocenters. The Kier molecular flexibility index (Phi) is 2.07. The fourth-order valence-electron chi connectivity index (χ4n) is 2.66. The summed E-state index contributed by atoms with van der Waals surface area (Å²) in [6, 6.07) is 4.78. The van der Waals surface area contributed by atoms with Gasteiger partial charge in [-0.2, -0.15) is 0 Å². The Balaban J connectivity index is 2.28. The molecular formula is C12H9ClN2O3. The molecule has 18 heavy (non-hydrogen) atoms. The molecule has 2 aliphatic rings. The molecule has 0 aromatic heterocycles. The maximum Gasteiger partial charge on any atom is 0.257 e. The van der Waals surface area contributed by atoms with E-state index in [1.807, 2.05) is 0 Å². The molecule has 1 fully saturated rings. The van der Waals surface area contributed by atoms with Gasteiger partial charge in [-0.1, -0.05) is 17.7 Å². The van der Waals surface area contributed by atoms with Crippen LogP contribution >= 0.6 is 11.6 Å². The highest BCUT2D eigenvalue weighted by Crippen LogP contribution is 2.43. The van der Waals surface area contributed by atoms with Gasteiger partial charge in [0, 0.05) is 23.2 Å². The highest BCUT2D eigenvalue weighted by molar-refractivity contribution is 6.31. The standard InChI is InChI=1S/C12H9ClN2O3/c1-15-10(17)7-4-6(13)2-3-8(7)12(15)5-9(16)14-11(12)18/h2-4H,5H2,1H3,(H,14,16,18). The number of carbonyl (C=O) groups excluding carboxylic acids is 3. The third-order valence-electron chi connectivity index (χ3n) is 3.58. The third kappa shape index (κ3) is 1.14. The monoisotopic (exact) mass is 264 g/mol. The molecule has 2 heterocycles. The van der Waals surface area contributed by atoms with Crippen LogP contribution in [0.3, 0.4) is 0 Å². The van der Waals surface area contributed by atoms with Crippen molar-refractivity contribution in [3.63, 3.8) is 0 Å². The molecule has 3 rings (SSSR count). The van der Waals surface area contributed by atoms with Gasteiger partial charge in [0.2, 0.25) is 5.91 Å². The Morgan fingerprint density at radius 3 is 2.67 bits per heavy atom. The number of fused-ring (bicyclic) bond motifs is 2. The second-order valence-corrected chi connectivity index (χ2v) is 4.90. The third-order valence-corrected chi connectivity index (χ3v) is 3.81. The van der Waals surface area contributed by atoms with Crippen LogP contribution in [0.4, 0.5) is 0 Å².